The maximum absolute atomic E-state index is 12.8. The number of aryl methyl sites for hydroxylation is 1. The fraction of sp³-hybridized carbons (Fsp3) is 0.421. The van der Waals surface area contributed by atoms with Crippen molar-refractivity contribution in [2.75, 3.05) is 13.1 Å². The first-order valence-corrected chi connectivity index (χ1v) is 8.81. The summed E-state index contributed by atoms with van der Waals surface area (Å²) in [6, 6.07) is 4.81. The Morgan fingerprint density at radius 1 is 1.31 bits per heavy atom. The Morgan fingerprint density at radius 2 is 2.12 bits per heavy atom. The number of nitrogens with zero attached hydrogens (tertiary/aromatic N) is 3. The fourth-order valence-electron chi connectivity index (χ4n) is 3.94. The maximum atomic E-state index is 12.8. The largest absolute Gasteiger partial charge is 0.467 e. The molecule has 7 heteroatoms. The molecule has 1 unspecified atom stereocenters. The highest BCUT2D eigenvalue weighted by molar-refractivity contribution is 6.09. The molecular weight excluding hydrogens is 334 g/mol. The van der Waals surface area contributed by atoms with Crippen LogP contribution in [-0.2, 0) is 11.3 Å². The van der Waals surface area contributed by atoms with E-state index in [9.17, 15) is 14.4 Å². The van der Waals surface area contributed by atoms with E-state index in [4.69, 9.17) is 4.42 Å². The first-order chi connectivity index (χ1) is 12.5. The van der Waals surface area contributed by atoms with E-state index in [0.29, 0.717) is 25.1 Å². The van der Waals surface area contributed by atoms with Gasteiger partial charge in [-0.05, 0) is 44.9 Å². The number of urea groups is 1. The number of amides is 3. The topological polar surface area (TPSA) is 75.8 Å². The molecule has 7 nitrogen and oxygen atoms in total. The molecule has 1 atom stereocenters. The van der Waals surface area contributed by atoms with E-state index in [-0.39, 0.29) is 30.3 Å². The number of hydrogen-bond donors (Lipinski definition) is 0. The molecule has 0 aliphatic carbocycles. The van der Waals surface area contributed by atoms with Gasteiger partial charge in [0, 0.05) is 23.5 Å². The van der Waals surface area contributed by atoms with E-state index >= 15 is 0 Å². The van der Waals surface area contributed by atoms with Crippen molar-refractivity contribution in [1.29, 1.82) is 0 Å². The zero-order valence-electron chi connectivity index (χ0n) is 14.9. The summed E-state index contributed by atoms with van der Waals surface area (Å²) in [6.07, 6.45) is 3.15. The predicted octanol–water partition coefficient (Wildman–Crippen LogP) is 2.36. The zero-order chi connectivity index (χ0) is 18.4. The third-order valence-electron chi connectivity index (χ3n) is 5.35. The minimum atomic E-state index is -0.373. The highest BCUT2D eigenvalue weighted by atomic mass is 16.3. The van der Waals surface area contributed by atoms with Gasteiger partial charge >= 0.3 is 6.03 Å². The summed E-state index contributed by atoms with van der Waals surface area (Å²) in [4.78, 5) is 40.3. The molecule has 2 aliphatic heterocycles. The number of imide groups is 1. The molecule has 0 bridgehead atoms. The maximum Gasteiger partial charge on any atom is 0.327 e. The molecule has 4 heterocycles. The van der Waals surface area contributed by atoms with Crippen molar-refractivity contribution in [2.45, 2.75) is 39.3 Å². The average Bonchev–Trinajstić information content (AvgIpc) is 3.37. The van der Waals surface area contributed by atoms with Gasteiger partial charge in [0.25, 0.3) is 5.91 Å². The normalized spacial score (nSPS) is 19.5. The van der Waals surface area contributed by atoms with Gasteiger partial charge in [0.1, 0.15) is 11.8 Å². The van der Waals surface area contributed by atoms with Crippen LogP contribution in [0.2, 0.25) is 0 Å². The highest BCUT2D eigenvalue weighted by Gasteiger charge is 2.47. The fourth-order valence-corrected chi connectivity index (χ4v) is 3.94. The highest BCUT2D eigenvalue weighted by Crippen LogP contribution is 2.28. The third-order valence-corrected chi connectivity index (χ3v) is 5.35. The third kappa shape index (κ3) is 2.55. The van der Waals surface area contributed by atoms with Crippen molar-refractivity contribution in [2.24, 2.45) is 0 Å². The number of furan rings is 1. The summed E-state index contributed by atoms with van der Waals surface area (Å²) in [7, 11) is 0. The number of aromatic nitrogens is 1. The Morgan fingerprint density at radius 3 is 2.81 bits per heavy atom. The quantitative estimate of drug-likeness (QED) is 0.609. The lowest BCUT2D eigenvalue weighted by Crippen LogP contribution is -2.37. The second kappa shape index (κ2) is 6.16. The summed E-state index contributed by atoms with van der Waals surface area (Å²) >= 11 is 0. The first-order valence-electron chi connectivity index (χ1n) is 8.81. The van der Waals surface area contributed by atoms with Crippen LogP contribution >= 0.6 is 0 Å². The van der Waals surface area contributed by atoms with Gasteiger partial charge in [0.15, 0.2) is 5.78 Å². The van der Waals surface area contributed by atoms with Crippen LogP contribution in [-0.4, -0.2) is 51.2 Å². The molecule has 26 heavy (non-hydrogen) atoms. The van der Waals surface area contributed by atoms with Gasteiger partial charge in [0.2, 0.25) is 0 Å². The minimum absolute atomic E-state index is 0.199. The van der Waals surface area contributed by atoms with Gasteiger partial charge in [-0.2, -0.15) is 0 Å². The monoisotopic (exact) mass is 355 g/mol. The standard InChI is InChI=1S/C19H21N3O4/c1-12-9-15(13(2)21(12)10-14-5-4-8-26-14)17(23)11-22-18(24)16-6-3-7-20(16)19(22)25/h4-5,8-9,16H,3,6-7,10-11H2,1-2H3. The molecular formula is C19H21N3O4. The predicted molar refractivity (Wildman–Crippen MR) is 92.9 cm³/mol. The molecule has 0 saturated carbocycles. The van der Waals surface area contributed by atoms with E-state index in [1.807, 2.05) is 36.6 Å². The lowest BCUT2D eigenvalue weighted by Gasteiger charge is -2.14. The van der Waals surface area contributed by atoms with Gasteiger partial charge < -0.3 is 13.9 Å². The molecule has 2 aromatic rings. The molecule has 2 saturated heterocycles. The van der Waals surface area contributed by atoms with Crippen LogP contribution in [0.25, 0.3) is 0 Å². The summed E-state index contributed by atoms with van der Waals surface area (Å²) in [5.74, 6) is 0.341. The van der Waals surface area contributed by atoms with Gasteiger partial charge in [-0.1, -0.05) is 0 Å². The number of ketones is 1. The molecule has 4 rings (SSSR count). The smallest absolute Gasteiger partial charge is 0.327 e. The number of carbonyl (C=O) groups is 3. The Balaban J connectivity index is 1.54. The van der Waals surface area contributed by atoms with Gasteiger partial charge in [-0.3, -0.25) is 14.5 Å². The Kier molecular flexibility index (Phi) is 3.94. The van der Waals surface area contributed by atoms with E-state index in [0.717, 1.165) is 28.5 Å². The van der Waals surface area contributed by atoms with Crippen molar-refractivity contribution >= 4 is 17.7 Å². The Labute approximate surface area is 151 Å². The molecule has 0 N–H and O–H groups in total. The van der Waals surface area contributed by atoms with E-state index in [1.165, 1.54) is 0 Å². The van der Waals surface area contributed by atoms with Crippen LogP contribution < -0.4 is 0 Å². The van der Waals surface area contributed by atoms with Crippen LogP contribution in [0.1, 0.15) is 40.3 Å². The van der Waals surface area contributed by atoms with Crippen LogP contribution in [0.5, 0.6) is 0 Å². The van der Waals surface area contributed by atoms with Crippen LogP contribution in [0.15, 0.2) is 28.9 Å². The number of Topliss-reactive ketones (excluding diaryl/α,β-unsaturated/α-hetero) is 1. The van der Waals surface area contributed by atoms with Crippen molar-refractivity contribution in [3.63, 3.8) is 0 Å². The van der Waals surface area contributed by atoms with Crippen molar-refractivity contribution in [1.82, 2.24) is 14.4 Å². The van der Waals surface area contributed by atoms with E-state index in [1.54, 1.807) is 11.2 Å². The van der Waals surface area contributed by atoms with Gasteiger partial charge in [0.05, 0.1) is 19.4 Å². The van der Waals surface area contributed by atoms with Crippen molar-refractivity contribution in [3.05, 3.63) is 47.2 Å². The summed E-state index contributed by atoms with van der Waals surface area (Å²) in [6.45, 7) is 4.73. The number of rotatable bonds is 5. The Bertz CT molecular complexity index is 859. The molecule has 0 radical (unpaired) electrons. The average molecular weight is 355 g/mol. The molecule has 2 aromatic heterocycles. The van der Waals surface area contributed by atoms with Crippen LogP contribution in [0, 0.1) is 13.8 Å². The summed E-state index contributed by atoms with van der Waals surface area (Å²) in [5, 5.41) is 0. The number of fused-ring (bicyclic) bond motifs is 1. The van der Waals surface area contributed by atoms with Crippen molar-refractivity contribution in [3.8, 4) is 0 Å². The number of carbonyl (C=O) groups excluding carboxylic acids is 3. The SMILES string of the molecule is Cc1cc(C(=O)CN2C(=O)C3CCCN3C2=O)c(C)n1Cc1ccco1. The lowest BCUT2D eigenvalue weighted by atomic mass is 10.1. The molecule has 2 aliphatic rings. The second-order valence-electron chi connectivity index (χ2n) is 6.93. The van der Waals surface area contributed by atoms with Crippen molar-refractivity contribution < 1.29 is 18.8 Å². The molecule has 3 amide bonds. The van der Waals surface area contributed by atoms with E-state index < -0.39 is 0 Å². The lowest BCUT2D eigenvalue weighted by molar-refractivity contribution is -0.127. The van der Waals surface area contributed by atoms with Gasteiger partial charge in [-0.25, -0.2) is 4.79 Å². The molecule has 2 fully saturated rings. The number of hydrogen-bond acceptors (Lipinski definition) is 4. The van der Waals surface area contributed by atoms with E-state index in [2.05, 4.69) is 0 Å². The molecule has 0 aromatic carbocycles. The first kappa shape index (κ1) is 16.6. The molecule has 136 valence electrons. The second-order valence-corrected chi connectivity index (χ2v) is 6.93. The molecule has 0 spiro atoms. The Hall–Kier alpha value is -2.83. The summed E-state index contributed by atoms with van der Waals surface area (Å²) in [5.41, 5.74) is 2.28. The van der Waals surface area contributed by atoms with Gasteiger partial charge in [-0.15, -0.1) is 0 Å². The van der Waals surface area contributed by atoms with Crippen LogP contribution in [0.4, 0.5) is 4.79 Å². The van der Waals surface area contributed by atoms with Crippen LogP contribution in [0.3, 0.4) is 0 Å². The summed E-state index contributed by atoms with van der Waals surface area (Å²) < 4.78 is 7.38. The zero-order valence-corrected chi connectivity index (χ0v) is 14.9. The minimum Gasteiger partial charge on any atom is -0.467 e.